The van der Waals surface area contributed by atoms with Gasteiger partial charge in [0.25, 0.3) is 0 Å². The summed E-state index contributed by atoms with van der Waals surface area (Å²) in [6.45, 7) is 7.65. The van der Waals surface area contributed by atoms with Gasteiger partial charge in [-0.05, 0) is 103 Å². The number of carbonyl (C=O) groups is 2. The van der Waals surface area contributed by atoms with Gasteiger partial charge in [0.1, 0.15) is 6.61 Å². The van der Waals surface area contributed by atoms with E-state index in [2.05, 4.69) is 93.7 Å². The zero-order valence-electron chi connectivity index (χ0n) is 41.1. The van der Waals surface area contributed by atoms with Crippen molar-refractivity contribution in [2.45, 2.75) is 258 Å². The first kappa shape index (κ1) is 59.3. The minimum Gasteiger partial charge on any atom is -0.462 e. The third-order valence-electron chi connectivity index (χ3n) is 11.2. The van der Waals surface area contributed by atoms with Crippen LogP contribution in [0.25, 0.3) is 0 Å². The van der Waals surface area contributed by atoms with Crippen molar-refractivity contribution in [3.8, 4) is 0 Å². The summed E-state index contributed by atoms with van der Waals surface area (Å²) in [5, 5.41) is 0. The second-order valence-corrected chi connectivity index (χ2v) is 17.4. The lowest BCUT2D eigenvalue weighted by Gasteiger charge is -2.18. The van der Waals surface area contributed by atoms with Gasteiger partial charge < -0.3 is 14.2 Å². The minimum atomic E-state index is -0.549. The van der Waals surface area contributed by atoms with Crippen LogP contribution in [0.2, 0.25) is 0 Å². The average Bonchev–Trinajstić information content (AvgIpc) is 3.27. The normalized spacial score (nSPS) is 12.8. The maximum Gasteiger partial charge on any atom is 0.306 e. The molecule has 0 aliphatic heterocycles. The highest BCUT2D eigenvalue weighted by molar-refractivity contribution is 5.70. The van der Waals surface area contributed by atoms with Gasteiger partial charge in [-0.1, -0.05) is 209 Å². The number of esters is 2. The molecule has 0 aromatic carbocycles. The fourth-order valence-electron chi connectivity index (χ4n) is 7.24. The number of hydrogen-bond donors (Lipinski definition) is 0. The zero-order chi connectivity index (χ0) is 44.9. The molecule has 5 heteroatoms. The number of hydrogen-bond acceptors (Lipinski definition) is 5. The number of ether oxygens (including phenoxy) is 3. The van der Waals surface area contributed by atoms with Crippen LogP contribution < -0.4 is 0 Å². The number of unbranched alkanes of at least 4 members (excludes halogenated alkanes) is 25. The summed E-state index contributed by atoms with van der Waals surface area (Å²) >= 11 is 0. The van der Waals surface area contributed by atoms with E-state index in [1.807, 2.05) is 0 Å². The van der Waals surface area contributed by atoms with Crippen LogP contribution >= 0.6 is 0 Å². The van der Waals surface area contributed by atoms with Crippen molar-refractivity contribution in [3.05, 3.63) is 72.9 Å². The van der Waals surface area contributed by atoms with Crippen molar-refractivity contribution in [3.63, 3.8) is 0 Å². The molecular formula is C57H100O5. The predicted molar refractivity (Wildman–Crippen MR) is 270 cm³/mol. The van der Waals surface area contributed by atoms with Crippen molar-refractivity contribution < 1.29 is 23.8 Å². The fourth-order valence-corrected chi connectivity index (χ4v) is 7.24. The van der Waals surface area contributed by atoms with Crippen LogP contribution in [-0.4, -0.2) is 37.9 Å². The van der Waals surface area contributed by atoms with E-state index in [0.29, 0.717) is 19.4 Å². The standard InChI is InChI=1S/C57H100O5/c1-4-7-10-13-16-19-22-25-27-29-31-33-35-38-41-44-47-50-56(58)61-54-55(53-60-52-49-46-43-40-37-24-21-18-15-12-9-6-3)62-57(59)51-48-45-42-39-36-34-32-30-28-26-23-20-17-14-11-8-5-2/h7,10,15-20,25-28,55H,4-6,8-9,11-14,21-24,29-54H2,1-3H3/b10-7-,18-15-,19-16-,20-17-,27-25-,28-26-. The molecule has 62 heavy (non-hydrogen) atoms. The van der Waals surface area contributed by atoms with Gasteiger partial charge in [-0.15, -0.1) is 0 Å². The van der Waals surface area contributed by atoms with Gasteiger partial charge in [0, 0.05) is 19.4 Å². The first-order valence-electron chi connectivity index (χ1n) is 26.5. The van der Waals surface area contributed by atoms with Crippen molar-refractivity contribution >= 4 is 11.9 Å². The average molecular weight is 865 g/mol. The molecule has 0 spiro atoms. The molecule has 0 aliphatic carbocycles. The highest BCUT2D eigenvalue weighted by Gasteiger charge is 2.17. The zero-order valence-corrected chi connectivity index (χ0v) is 41.1. The van der Waals surface area contributed by atoms with Crippen LogP contribution in [0.4, 0.5) is 0 Å². The molecule has 0 aliphatic rings. The van der Waals surface area contributed by atoms with Gasteiger partial charge in [-0.3, -0.25) is 9.59 Å². The first-order chi connectivity index (χ1) is 30.6. The van der Waals surface area contributed by atoms with Crippen LogP contribution in [0, 0.1) is 0 Å². The Hall–Kier alpha value is -2.66. The summed E-state index contributed by atoms with van der Waals surface area (Å²) in [5.74, 6) is -0.417. The van der Waals surface area contributed by atoms with Gasteiger partial charge in [0.15, 0.2) is 6.10 Å². The molecule has 1 atom stereocenters. The maximum atomic E-state index is 12.8. The van der Waals surface area contributed by atoms with Crippen LogP contribution in [0.5, 0.6) is 0 Å². The molecule has 0 bridgehead atoms. The lowest BCUT2D eigenvalue weighted by Crippen LogP contribution is -2.30. The molecule has 1 unspecified atom stereocenters. The molecule has 0 radical (unpaired) electrons. The Bertz CT molecular complexity index is 1110. The van der Waals surface area contributed by atoms with Gasteiger partial charge in [-0.2, -0.15) is 0 Å². The van der Waals surface area contributed by atoms with E-state index in [1.165, 1.54) is 135 Å². The molecule has 0 rings (SSSR count). The topological polar surface area (TPSA) is 61.8 Å². The van der Waals surface area contributed by atoms with Crippen molar-refractivity contribution in [1.29, 1.82) is 0 Å². The van der Waals surface area contributed by atoms with Crippen molar-refractivity contribution in [1.82, 2.24) is 0 Å². The SMILES string of the molecule is CC/C=C\C/C=C\C/C=C\CCCCCCCCCC(=O)OCC(COCCCCCCCC/C=C\CCCC)OC(=O)CCCCCCCCC/C=C\C/C=C\CCCCC. The second-order valence-electron chi connectivity index (χ2n) is 17.4. The third-order valence-corrected chi connectivity index (χ3v) is 11.2. The molecule has 0 saturated heterocycles. The van der Waals surface area contributed by atoms with Crippen LogP contribution in [0.1, 0.15) is 252 Å². The Labute approximate surface area is 385 Å². The monoisotopic (exact) mass is 865 g/mol. The second kappa shape index (κ2) is 52.7. The van der Waals surface area contributed by atoms with E-state index in [1.54, 1.807) is 0 Å². The fraction of sp³-hybridized carbons (Fsp3) is 0.754. The van der Waals surface area contributed by atoms with Gasteiger partial charge in [0.05, 0.1) is 6.61 Å². The van der Waals surface area contributed by atoms with E-state index >= 15 is 0 Å². The molecule has 0 aromatic heterocycles. The van der Waals surface area contributed by atoms with E-state index in [9.17, 15) is 9.59 Å². The third kappa shape index (κ3) is 50.0. The van der Waals surface area contributed by atoms with Crippen molar-refractivity contribution in [2.75, 3.05) is 19.8 Å². The molecule has 0 aromatic rings. The maximum absolute atomic E-state index is 12.8. The molecule has 0 N–H and O–H groups in total. The van der Waals surface area contributed by atoms with E-state index in [0.717, 1.165) is 83.5 Å². The molecule has 0 saturated carbocycles. The summed E-state index contributed by atoms with van der Waals surface area (Å²) in [6.07, 6.45) is 67.6. The Balaban J connectivity index is 4.28. The summed E-state index contributed by atoms with van der Waals surface area (Å²) in [4.78, 5) is 25.4. The highest BCUT2D eigenvalue weighted by atomic mass is 16.6. The summed E-state index contributed by atoms with van der Waals surface area (Å²) < 4.78 is 17.4. The molecule has 0 fully saturated rings. The first-order valence-corrected chi connectivity index (χ1v) is 26.5. The van der Waals surface area contributed by atoms with E-state index < -0.39 is 6.10 Å². The lowest BCUT2D eigenvalue weighted by molar-refractivity contribution is -0.163. The molecule has 358 valence electrons. The highest BCUT2D eigenvalue weighted by Crippen LogP contribution is 2.14. The lowest BCUT2D eigenvalue weighted by atomic mass is 10.1. The van der Waals surface area contributed by atoms with E-state index in [-0.39, 0.29) is 25.2 Å². The Morgan fingerprint density at radius 3 is 1.23 bits per heavy atom. The number of allylic oxidation sites excluding steroid dienone is 12. The van der Waals surface area contributed by atoms with Gasteiger partial charge in [-0.25, -0.2) is 0 Å². The minimum absolute atomic E-state index is 0.0729. The molecule has 0 heterocycles. The smallest absolute Gasteiger partial charge is 0.306 e. The summed E-state index contributed by atoms with van der Waals surface area (Å²) in [5.41, 5.74) is 0. The Morgan fingerprint density at radius 1 is 0.371 bits per heavy atom. The van der Waals surface area contributed by atoms with E-state index in [4.69, 9.17) is 14.2 Å². The summed E-state index contributed by atoms with van der Waals surface area (Å²) in [6, 6.07) is 0. The van der Waals surface area contributed by atoms with Crippen LogP contribution in [-0.2, 0) is 23.8 Å². The van der Waals surface area contributed by atoms with Crippen molar-refractivity contribution in [2.24, 2.45) is 0 Å². The Morgan fingerprint density at radius 2 is 0.742 bits per heavy atom. The van der Waals surface area contributed by atoms with Gasteiger partial charge >= 0.3 is 11.9 Å². The predicted octanol–water partition coefficient (Wildman–Crippen LogP) is 17.9. The number of carbonyl (C=O) groups excluding carboxylic acids is 2. The largest absolute Gasteiger partial charge is 0.462 e. The molecule has 0 amide bonds. The molecular weight excluding hydrogens is 765 g/mol. The van der Waals surface area contributed by atoms with Crippen LogP contribution in [0.3, 0.4) is 0 Å². The number of rotatable bonds is 48. The Kier molecular flexibility index (Phi) is 50.4. The van der Waals surface area contributed by atoms with Gasteiger partial charge in [0.2, 0.25) is 0 Å². The molecule has 5 nitrogen and oxygen atoms in total. The quantitative estimate of drug-likeness (QED) is 0.0346. The summed E-state index contributed by atoms with van der Waals surface area (Å²) in [7, 11) is 0. The van der Waals surface area contributed by atoms with Crippen LogP contribution in [0.15, 0.2) is 72.9 Å².